The number of ether oxygens (including phenoxy) is 1. The normalized spacial score (nSPS) is 19.4. The number of benzene rings is 2. The van der Waals surface area contributed by atoms with Gasteiger partial charge in [0.25, 0.3) is 5.91 Å². The Balaban J connectivity index is 1.61. The number of rotatable bonds is 4. The quantitative estimate of drug-likeness (QED) is 0.708. The molecule has 3 aromatic rings. The van der Waals surface area contributed by atoms with Crippen LogP contribution in [0.3, 0.4) is 0 Å². The molecule has 2 aliphatic rings. The Morgan fingerprint density at radius 3 is 2.57 bits per heavy atom. The van der Waals surface area contributed by atoms with Gasteiger partial charge in [-0.05, 0) is 18.2 Å². The number of amides is 1. The fourth-order valence-electron chi connectivity index (χ4n) is 4.41. The van der Waals surface area contributed by atoms with Gasteiger partial charge in [-0.25, -0.2) is 4.39 Å². The summed E-state index contributed by atoms with van der Waals surface area (Å²) in [5, 5.41) is 0.394. The number of quaternary nitrogens is 1. The van der Waals surface area contributed by atoms with E-state index in [0.29, 0.717) is 42.8 Å². The van der Waals surface area contributed by atoms with E-state index in [4.69, 9.17) is 9.15 Å². The molecule has 1 aromatic heterocycles. The molecule has 1 saturated heterocycles. The average molecular weight is 409 g/mol. The van der Waals surface area contributed by atoms with Gasteiger partial charge in [-0.2, -0.15) is 0 Å². The maximum Gasteiger partial charge on any atom is 0.291 e. The fraction of sp³-hybridized carbons (Fsp3) is 0.304. The van der Waals surface area contributed by atoms with E-state index in [1.165, 1.54) is 11.0 Å². The molecule has 5 rings (SSSR count). The fourth-order valence-corrected chi connectivity index (χ4v) is 4.41. The molecule has 1 fully saturated rings. The van der Waals surface area contributed by atoms with Crippen molar-refractivity contribution in [1.29, 1.82) is 0 Å². The average Bonchev–Trinajstić information content (AvgIpc) is 3.05. The highest BCUT2D eigenvalue weighted by molar-refractivity contribution is 5.99. The van der Waals surface area contributed by atoms with E-state index in [9.17, 15) is 14.0 Å². The number of hydrogen-bond donors (Lipinski definition) is 1. The van der Waals surface area contributed by atoms with Crippen LogP contribution in [-0.2, 0) is 4.74 Å². The lowest BCUT2D eigenvalue weighted by Gasteiger charge is -2.29. The van der Waals surface area contributed by atoms with Crippen LogP contribution < -0.4 is 10.3 Å². The van der Waals surface area contributed by atoms with E-state index in [0.717, 1.165) is 13.1 Å². The Labute approximate surface area is 172 Å². The Bertz CT molecular complexity index is 1170. The summed E-state index contributed by atoms with van der Waals surface area (Å²) in [6, 6.07) is 12.3. The highest BCUT2D eigenvalue weighted by Gasteiger charge is 2.44. The van der Waals surface area contributed by atoms with E-state index in [-0.39, 0.29) is 22.7 Å². The third-order valence-electron chi connectivity index (χ3n) is 5.98. The van der Waals surface area contributed by atoms with E-state index in [2.05, 4.69) is 0 Å². The minimum Gasteiger partial charge on any atom is -0.450 e. The van der Waals surface area contributed by atoms with Crippen LogP contribution in [-0.4, -0.2) is 50.2 Å². The molecule has 0 spiro atoms. The molecule has 2 aliphatic heterocycles. The number of nitrogens with zero attached hydrogens (tertiary/aromatic N) is 1. The second-order valence-corrected chi connectivity index (χ2v) is 7.71. The summed E-state index contributed by atoms with van der Waals surface area (Å²) >= 11 is 0. The predicted molar refractivity (Wildman–Crippen MR) is 108 cm³/mol. The number of para-hydroxylation sites is 1. The molecule has 1 amide bonds. The molecule has 7 heteroatoms. The molecular weight excluding hydrogens is 387 g/mol. The zero-order valence-electron chi connectivity index (χ0n) is 16.4. The lowest BCUT2D eigenvalue weighted by molar-refractivity contribution is -0.907. The summed E-state index contributed by atoms with van der Waals surface area (Å²) < 4.78 is 26.1. The topological polar surface area (TPSA) is 64.2 Å². The summed E-state index contributed by atoms with van der Waals surface area (Å²) in [6.45, 7) is 4.19. The van der Waals surface area contributed by atoms with Crippen molar-refractivity contribution in [2.24, 2.45) is 0 Å². The standard InChI is InChI=1S/C23H21FN2O4/c24-17-7-3-1-5-15(17)20-19-21(27)16-6-2-4-8-18(16)30-22(19)23(28)26(20)10-9-25-11-13-29-14-12-25/h1-8,20H,9-14H2/p+1/t20-/m1/s1. The van der Waals surface area contributed by atoms with E-state index < -0.39 is 11.9 Å². The van der Waals surface area contributed by atoms with Gasteiger partial charge in [-0.3, -0.25) is 9.59 Å². The van der Waals surface area contributed by atoms with Crippen molar-refractivity contribution in [3.05, 3.63) is 81.5 Å². The van der Waals surface area contributed by atoms with E-state index >= 15 is 0 Å². The van der Waals surface area contributed by atoms with Crippen LogP contribution in [0.4, 0.5) is 4.39 Å². The van der Waals surface area contributed by atoms with Gasteiger partial charge in [0.05, 0.1) is 43.3 Å². The van der Waals surface area contributed by atoms with Crippen LogP contribution in [0.2, 0.25) is 0 Å². The van der Waals surface area contributed by atoms with Crippen molar-refractivity contribution in [3.63, 3.8) is 0 Å². The molecule has 2 aromatic carbocycles. The van der Waals surface area contributed by atoms with Crippen molar-refractivity contribution >= 4 is 16.9 Å². The lowest BCUT2D eigenvalue weighted by Crippen LogP contribution is -3.14. The summed E-state index contributed by atoms with van der Waals surface area (Å²) in [5.41, 5.74) is 0.613. The monoisotopic (exact) mass is 409 g/mol. The van der Waals surface area contributed by atoms with Crippen LogP contribution in [0.15, 0.2) is 57.7 Å². The minimum atomic E-state index is -0.796. The van der Waals surface area contributed by atoms with Gasteiger partial charge in [0.15, 0.2) is 5.43 Å². The van der Waals surface area contributed by atoms with Gasteiger partial charge in [0.2, 0.25) is 5.76 Å². The first-order valence-electron chi connectivity index (χ1n) is 10.2. The SMILES string of the molecule is O=C1c2oc3ccccc3c(=O)c2[C@@H](c2ccccc2F)N1CC[NH+]1CCOCC1. The Kier molecular flexibility index (Phi) is 4.84. The Morgan fingerprint density at radius 1 is 1.03 bits per heavy atom. The molecule has 1 N–H and O–H groups in total. The highest BCUT2D eigenvalue weighted by atomic mass is 19.1. The Morgan fingerprint density at radius 2 is 1.77 bits per heavy atom. The summed E-state index contributed by atoms with van der Waals surface area (Å²) in [7, 11) is 0. The van der Waals surface area contributed by atoms with Gasteiger partial charge in [0, 0.05) is 5.56 Å². The van der Waals surface area contributed by atoms with E-state index in [1.54, 1.807) is 47.4 Å². The second kappa shape index (κ2) is 7.66. The van der Waals surface area contributed by atoms with Crippen molar-refractivity contribution in [2.75, 3.05) is 39.4 Å². The third kappa shape index (κ3) is 3.11. The molecule has 3 heterocycles. The number of carbonyl (C=O) groups excluding carboxylic acids is 1. The molecule has 0 radical (unpaired) electrons. The minimum absolute atomic E-state index is 0.0175. The number of carbonyl (C=O) groups is 1. The zero-order chi connectivity index (χ0) is 20.7. The predicted octanol–water partition coefficient (Wildman–Crippen LogP) is 1.39. The smallest absolute Gasteiger partial charge is 0.291 e. The maximum absolute atomic E-state index is 14.8. The molecule has 0 bridgehead atoms. The molecule has 0 aliphatic carbocycles. The molecule has 0 saturated carbocycles. The van der Waals surface area contributed by atoms with Gasteiger partial charge >= 0.3 is 0 Å². The van der Waals surface area contributed by atoms with Crippen molar-refractivity contribution in [1.82, 2.24) is 4.90 Å². The van der Waals surface area contributed by atoms with Gasteiger partial charge < -0.3 is 19.0 Å². The number of hydrogen-bond acceptors (Lipinski definition) is 4. The van der Waals surface area contributed by atoms with Crippen LogP contribution in [0.5, 0.6) is 0 Å². The van der Waals surface area contributed by atoms with Gasteiger partial charge in [-0.1, -0.05) is 30.3 Å². The first kappa shape index (κ1) is 19.0. The summed E-state index contributed by atoms with van der Waals surface area (Å²) in [4.78, 5) is 29.5. The molecule has 0 unspecified atom stereocenters. The summed E-state index contributed by atoms with van der Waals surface area (Å²) in [6.07, 6.45) is 0. The van der Waals surface area contributed by atoms with Crippen LogP contribution in [0, 0.1) is 5.82 Å². The first-order chi connectivity index (χ1) is 14.6. The molecule has 154 valence electrons. The zero-order valence-corrected chi connectivity index (χ0v) is 16.4. The van der Waals surface area contributed by atoms with Gasteiger partial charge in [0.1, 0.15) is 24.5 Å². The number of morpholine rings is 1. The van der Waals surface area contributed by atoms with Crippen molar-refractivity contribution in [3.8, 4) is 0 Å². The van der Waals surface area contributed by atoms with Crippen LogP contribution in [0.1, 0.15) is 27.7 Å². The van der Waals surface area contributed by atoms with Crippen LogP contribution in [0.25, 0.3) is 11.0 Å². The van der Waals surface area contributed by atoms with Crippen LogP contribution >= 0.6 is 0 Å². The Hall–Kier alpha value is -3.03. The highest BCUT2D eigenvalue weighted by Crippen LogP contribution is 2.38. The van der Waals surface area contributed by atoms with Crippen molar-refractivity contribution < 1.29 is 23.2 Å². The maximum atomic E-state index is 14.8. The number of nitrogens with one attached hydrogen (secondary N) is 1. The lowest BCUT2D eigenvalue weighted by atomic mass is 9.98. The largest absolute Gasteiger partial charge is 0.450 e. The number of halogens is 1. The van der Waals surface area contributed by atoms with Crippen molar-refractivity contribution in [2.45, 2.75) is 6.04 Å². The first-order valence-corrected chi connectivity index (χ1v) is 10.2. The van der Waals surface area contributed by atoms with E-state index in [1.807, 2.05) is 0 Å². The van der Waals surface area contributed by atoms with Gasteiger partial charge in [-0.15, -0.1) is 0 Å². The summed E-state index contributed by atoms with van der Waals surface area (Å²) in [5.74, 6) is -0.794. The molecule has 6 nitrogen and oxygen atoms in total. The third-order valence-corrected chi connectivity index (χ3v) is 5.98. The molecular formula is C23H22FN2O4+. The molecule has 1 atom stereocenters. The number of fused-ring (bicyclic) bond motifs is 2. The molecule has 30 heavy (non-hydrogen) atoms. The second-order valence-electron chi connectivity index (χ2n) is 7.71.